The maximum absolute atomic E-state index is 13.1. The highest BCUT2D eigenvalue weighted by molar-refractivity contribution is 5.79. The van der Waals surface area contributed by atoms with Crippen molar-refractivity contribution in [1.82, 2.24) is 19.9 Å². The Morgan fingerprint density at radius 1 is 1.16 bits per heavy atom. The SMILES string of the molecule is COCC(=O)N1C[C@@H]2CN(C(=O)CCc3conc3-c3ccccc3)C[C@]2(CN(C)C)C1. The molecule has 3 heterocycles. The smallest absolute Gasteiger partial charge is 0.248 e. The molecule has 0 saturated carbocycles. The molecule has 2 aliphatic rings. The molecule has 0 radical (unpaired) electrons. The van der Waals surface area contributed by atoms with E-state index in [2.05, 4.69) is 10.1 Å². The van der Waals surface area contributed by atoms with Crippen LogP contribution in [-0.4, -0.2) is 92.2 Å². The number of aryl methyl sites for hydroxylation is 1. The summed E-state index contributed by atoms with van der Waals surface area (Å²) in [7, 11) is 5.64. The zero-order valence-corrected chi connectivity index (χ0v) is 19.1. The van der Waals surface area contributed by atoms with Crippen LogP contribution < -0.4 is 0 Å². The van der Waals surface area contributed by atoms with E-state index >= 15 is 0 Å². The number of likely N-dealkylation sites (tertiary alicyclic amines) is 2. The number of amides is 2. The third-order valence-electron chi connectivity index (χ3n) is 6.66. The van der Waals surface area contributed by atoms with Gasteiger partial charge in [-0.3, -0.25) is 9.59 Å². The van der Waals surface area contributed by atoms with E-state index in [1.54, 1.807) is 13.4 Å². The molecule has 0 aliphatic carbocycles. The fourth-order valence-corrected chi connectivity index (χ4v) is 5.30. The number of rotatable bonds is 8. The number of nitrogens with zero attached hydrogens (tertiary/aromatic N) is 4. The number of carbonyl (C=O) groups excluding carboxylic acids is 2. The molecule has 4 rings (SSSR count). The molecule has 2 aliphatic heterocycles. The highest BCUT2D eigenvalue weighted by atomic mass is 16.5. The van der Waals surface area contributed by atoms with Crippen LogP contribution in [0, 0.1) is 11.3 Å². The van der Waals surface area contributed by atoms with Gasteiger partial charge in [0, 0.05) is 68.7 Å². The summed E-state index contributed by atoms with van der Waals surface area (Å²) in [5, 5.41) is 4.14. The number of benzene rings is 1. The average Bonchev–Trinajstić information content (AvgIpc) is 3.45. The lowest BCUT2D eigenvalue weighted by Gasteiger charge is -2.32. The molecule has 8 heteroatoms. The van der Waals surface area contributed by atoms with Crippen molar-refractivity contribution in [3.8, 4) is 11.3 Å². The van der Waals surface area contributed by atoms with E-state index in [1.807, 2.05) is 54.2 Å². The second-order valence-electron chi connectivity index (χ2n) is 9.33. The second kappa shape index (κ2) is 9.42. The van der Waals surface area contributed by atoms with Crippen molar-refractivity contribution in [1.29, 1.82) is 0 Å². The molecule has 1 aromatic carbocycles. The third-order valence-corrected chi connectivity index (χ3v) is 6.66. The largest absolute Gasteiger partial charge is 0.375 e. The van der Waals surface area contributed by atoms with E-state index in [1.165, 1.54) is 0 Å². The summed E-state index contributed by atoms with van der Waals surface area (Å²) in [5.74, 6) is 0.455. The van der Waals surface area contributed by atoms with Gasteiger partial charge in [0.2, 0.25) is 11.8 Å². The minimum absolute atomic E-state index is 0.0267. The van der Waals surface area contributed by atoms with Crippen LogP contribution in [-0.2, 0) is 20.7 Å². The third kappa shape index (κ3) is 4.56. The number of methoxy groups -OCH3 is 1. The lowest BCUT2D eigenvalue weighted by molar-refractivity contribution is -0.135. The van der Waals surface area contributed by atoms with Gasteiger partial charge in [-0.1, -0.05) is 35.5 Å². The van der Waals surface area contributed by atoms with Crippen LogP contribution in [0.5, 0.6) is 0 Å². The van der Waals surface area contributed by atoms with Gasteiger partial charge in [-0.2, -0.15) is 0 Å². The van der Waals surface area contributed by atoms with Crippen molar-refractivity contribution < 1.29 is 18.8 Å². The second-order valence-corrected chi connectivity index (χ2v) is 9.33. The van der Waals surface area contributed by atoms with Crippen molar-refractivity contribution >= 4 is 11.8 Å². The predicted molar refractivity (Wildman–Crippen MR) is 120 cm³/mol. The van der Waals surface area contributed by atoms with Crippen LogP contribution in [0.4, 0.5) is 0 Å². The van der Waals surface area contributed by atoms with Crippen LogP contribution in [0.3, 0.4) is 0 Å². The highest BCUT2D eigenvalue weighted by Crippen LogP contribution is 2.43. The standard InChI is InChI=1S/C24H32N4O4/c1-26(2)15-24-16-27(11-20(24)12-28(17-24)22(30)14-31-3)21(29)10-9-19-13-32-25-23(19)18-7-5-4-6-8-18/h4-8,13,20H,9-12,14-17H2,1-3H3/t20-,24+/m0/s1. The Hall–Kier alpha value is -2.71. The van der Waals surface area contributed by atoms with Crippen LogP contribution >= 0.6 is 0 Å². The molecule has 0 N–H and O–H groups in total. The normalized spacial score (nSPS) is 22.6. The van der Waals surface area contributed by atoms with Gasteiger partial charge in [0.15, 0.2) is 0 Å². The van der Waals surface area contributed by atoms with Gasteiger partial charge in [0.25, 0.3) is 0 Å². The molecule has 2 saturated heterocycles. The molecular weight excluding hydrogens is 408 g/mol. The summed E-state index contributed by atoms with van der Waals surface area (Å²) < 4.78 is 10.2. The van der Waals surface area contributed by atoms with Crippen molar-refractivity contribution in [3.05, 3.63) is 42.2 Å². The van der Waals surface area contributed by atoms with Gasteiger partial charge in [-0.15, -0.1) is 0 Å². The Morgan fingerprint density at radius 2 is 1.84 bits per heavy atom. The monoisotopic (exact) mass is 440 g/mol. The number of fused-ring (bicyclic) bond motifs is 1. The molecule has 172 valence electrons. The van der Waals surface area contributed by atoms with Crippen molar-refractivity contribution in [2.45, 2.75) is 12.8 Å². The van der Waals surface area contributed by atoms with Gasteiger partial charge in [0.1, 0.15) is 18.6 Å². The fraction of sp³-hybridized carbons (Fsp3) is 0.542. The first kappa shape index (κ1) is 22.5. The van der Waals surface area contributed by atoms with Crippen LogP contribution in [0.25, 0.3) is 11.3 Å². The van der Waals surface area contributed by atoms with E-state index in [0.29, 0.717) is 39.0 Å². The van der Waals surface area contributed by atoms with Gasteiger partial charge < -0.3 is 24.0 Å². The topological polar surface area (TPSA) is 79.1 Å². The highest BCUT2D eigenvalue weighted by Gasteiger charge is 2.54. The summed E-state index contributed by atoms with van der Waals surface area (Å²) in [5.41, 5.74) is 2.65. The summed E-state index contributed by atoms with van der Waals surface area (Å²) in [4.78, 5) is 31.6. The number of aromatic nitrogens is 1. The molecule has 1 aromatic heterocycles. The maximum Gasteiger partial charge on any atom is 0.248 e. The number of carbonyl (C=O) groups is 2. The lowest BCUT2D eigenvalue weighted by Crippen LogP contribution is -2.44. The first-order valence-electron chi connectivity index (χ1n) is 11.1. The summed E-state index contributed by atoms with van der Waals surface area (Å²) in [6.45, 7) is 3.69. The van der Waals surface area contributed by atoms with Crippen molar-refractivity contribution in [2.75, 3.05) is 60.5 Å². The maximum atomic E-state index is 13.1. The molecule has 2 amide bonds. The minimum atomic E-state index is -0.0883. The Kier molecular flexibility index (Phi) is 6.62. The van der Waals surface area contributed by atoms with E-state index in [0.717, 1.165) is 23.4 Å². The van der Waals surface area contributed by atoms with E-state index in [9.17, 15) is 9.59 Å². The lowest BCUT2D eigenvalue weighted by atomic mass is 9.80. The van der Waals surface area contributed by atoms with Crippen molar-refractivity contribution in [3.63, 3.8) is 0 Å². The first-order valence-corrected chi connectivity index (χ1v) is 11.1. The Balaban J connectivity index is 1.40. The molecule has 2 aromatic rings. The zero-order chi connectivity index (χ0) is 22.7. The van der Waals surface area contributed by atoms with Crippen LogP contribution in [0.15, 0.2) is 41.1 Å². The number of hydrogen-bond donors (Lipinski definition) is 0. The predicted octanol–water partition coefficient (Wildman–Crippen LogP) is 1.77. The van der Waals surface area contributed by atoms with E-state index < -0.39 is 0 Å². The number of ether oxygens (including phenoxy) is 1. The van der Waals surface area contributed by atoms with Gasteiger partial charge in [-0.25, -0.2) is 0 Å². The molecule has 2 atom stereocenters. The van der Waals surface area contributed by atoms with Gasteiger partial charge >= 0.3 is 0 Å². The molecule has 32 heavy (non-hydrogen) atoms. The quantitative estimate of drug-likeness (QED) is 0.623. The molecule has 2 fully saturated rings. The Morgan fingerprint density at radius 3 is 2.50 bits per heavy atom. The fourth-order valence-electron chi connectivity index (χ4n) is 5.30. The summed E-state index contributed by atoms with van der Waals surface area (Å²) in [6, 6.07) is 9.88. The Bertz CT molecular complexity index is 944. The molecule has 0 unspecified atom stereocenters. The number of hydrogen-bond acceptors (Lipinski definition) is 6. The van der Waals surface area contributed by atoms with Crippen LogP contribution in [0.2, 0.25) is 0 Å². The summed E-state index contributed by atoms with van der Waals surface area (Å²) >= 11 is 0. The Labute approximate surface area is 189 Å². The molecule has 0 bridgehead atoms. The summed E-state index contributed by atoms with van der Waals surface area (Å²) in [6.07, 6.45) is 2.64. The molecule has 8 nitrogen and oxygen atoms in total. The zero-order valence-electron chi connectivity index (χ0n) is 19.1. The van der Waals surface area contributed by atoms with Gasteiger partial charge in [0.05, 0.1) is 0 Å². The molecule has 0 spiro atoms. The van der Waals surface area contributed by atoms with Crippen molar-refractivity contribution in [2.24, 2.45) is 11.3 Å². The first-order chi connectivity index (χ1) is 15.4. The van der Waals surface area contributed by atoms with Crippen LogP contribution in [0.1, 0.15) is 12.0 Å². The molecular formula is C24H32N4O4. The van der Waals surface area contributed by atoms with Gasteiger partial charge in [-0.05, 0) is 20.5 Å². The minimum Gasteiger partial charge on any atom is -0.375 e. The van der Waals surface area contributed by atoms with E-state index in [4.69, 9.17) is 9.26 Å². The average molecular weight is 441 g/mol. The van der Waals surface area contributed by atoms with E-state index in [-0.39, 0.29) is 29.8 Å².